The smallest absolute Gasteiger partial charge is 0.254 e. The van der Waals surface area contributed by atoms with E-state index in [2.05, 4.69) is 30.7 Å². The quantitative estimate of drug-likeness (QED) is 0.439. The van der Waals surface area contributed by atoms with E-state index in [9.17, 15) is 14.0 Å². The highest BCUT2D eigenvalue weighted by atomic mass is 19.1. The maximum absolute atomic E-state index is 13.5. The van der Waals surface area contributed by atoms with Crippen molar-refractivity contribution in [3.05, 3.63) is 47.9 Å². The summed E-state index contributed by atoms with van der Waals surface area (Å²) in [5.74, 6) is 0.187. The number of amides is 2. The van der Waals surface area contributed by atoms with Crippen LogP contribution in [0.15, 0.2) is 36.5 Å². The second-order valence-corrected chi connectivity index (χ2v) is 11.8. The largest absolute Gasteiger partial charge is 0.476 e. The molecule has 42 heavy (non-hydrogen) atoms. The maximum atomic E-state index is 13.5. The molecule has 2 saturated heterocycles. The zero-order chi connectivity index (χ0) is 28.9. The van der Waals surface area contributed by atoms with Crippen LogP contribution in [-0.4, -0.2) is 91.3 Å². The number of hydrogen-bond acceptors (Lipinski definition) is 8. The lowest BCUT2D eigenvalue weighted by Crippen LogP contribution is -2.55. The molecule has 2 aromatic rings. The van der Waals surface area contributed by atoms with Crippen molar-refractivity contribution >= 4 is 23.2 Å². The molecule has 3 fully saturated rings. The van der Waals surface area contributed by atoms with Crippen molar-refractivity contribution in [2.75, 3.05) is 62.6 Å². The zero-order valence-corrected chi connectivity index (χ0v) is 24.2. The molecule has 3 N–H and O–H groups in total. The summed E-state index contributed by atoms with van der Waals surface area (Å²) in [7, 11) is 0. The molecule has 0 spiro atoms. The van der Waals surface area contributed by atoms with Crippen LogP contribution in [0.1, 0.15) is 55.3 Å². The van der Waals surface area contributed by atoms with Crippen LogP contribution in [0.2, 0.25) is 0 Å². The van der Waals surface area contributed by atoms with E-state index in [1.54, 1.807) is 6.20 Å². The number of likely N-dealkylation sites (tertiary alicyclic amines) is 1. The van der Waals surface area contributed by atoms with Gasteiger partial charge in [-0.1, -0.05) is 6.42 Å². The Morgan fingerprint density at radius 2 is 1.74 bits per heavy atom. The Balaban J connectivity index is 1.15. The molecule has 226 valence electrons. The first-order valence-electron chi connectivity index (χ1n) is 15.5. The van der Waals surface area contributed by atoms with Gasteiger partial charge in [0.25, 0.3) is 5.91 Å². The monoisotopic (exact) mass is 579 g/mol. The van der Waals surface area contributed by atoms with Crippen LogP contribution >= 0.6 is 0 Å². The molecule has 10 nitrogen and oxygen atoms in total. The van der Waals surface area contributed by atoms with Crippen LogP contribution in [0.4, 0.5) is 15.8 Å². The summed E-state index contributed by atoms with van der Waals surface area (Å²) in [5, 5.41) is 9.84. The highest BCUT2D eigenvalue weighted by molar-refractivity contribution is 5.95. The number of rotatable bonds is 8. The molecule has 0 bridgehead atoms. The number of benzene rings is 1. The van der Waals surface area contributed by atoms with Gasteiger partial charge >= 0.3 is 0 Å². The number of piperidine rings is 1. The number of halogens is 1. The summed E-state index contributed by atoms with van der Waals surface area (Å²) < 4.78 is 19.6. The van der Waals surface area contributed by atoms with Crippen molar-refractivity contribution in [1.82, 2.24) is 25.4 Å². The average Bonchev–Trinajstić information content (AvgIpc) is 3.39. The molecule has 2 amide bonds. The molecular weight excluding hydrogens is 537 g/mol. The molecule has 1 aromatic carbocycles. The predicted octanol–water partition coefficient (Wildman–Crippen LogP) is 3.02. The summed E-state index contributed by atoms with van der Waals surface area (Å²) in [5.41, 5.74) is 2.14. The van der Waals surface area contributed by atoms with Crippen molar-refractivity contribution in [3.8, 4) is 5.88 Å². The molecule has 1 aliphatic carbocycles. The highest BCUT2D eigenvalue weighted by Gasteiger charge is 2.39. The summed E-state index contributed by atoms with van der Waals surface area (Å²) >= 11 is 0. The van der Waals surface area contributed by atoms with Crippen molar-refractivity contribution in [1.29, 1.82) is 0 Å². The fourth-order valence-corrected chi connectivity index (χ4v) is 6.71. The number of carbonyl (C=O) groups excluding carboxylic acids is 2. The Morgan fingerprint density at radius 1 is 1.00 bits per heavy atom. The molecule has 0 radical (unpaired) electrons. The Hall–Kier alpha value is -3.44. The summed E-state index contributed by atoms with van der Waals surface area (Å²) in [6.45, 7) is 6.93. The molecule has 1 saturated carbocycles. The van der Waals surface area contributed by atoms with E-state index < -0.39 is 6.29 Å². The highest BCUT2D eigenvalue weighted by Crippen LogP contribution is 2.41. The van der Waals surface area contributed by atoms with Gasteiger partial charge in [-0.2, -0.15) is 0 Å². The van der Waals surface area contributed by atoms with Crippen LogP contribution in [0.25, 0.3) is 0 Å². The number of carbonyl (C=O) groups is 2. The second-order valence-electron chi connectivity index (χ2n) is 11.8. The number of anilines is 2. The first-order valence-corrected chi connectivity index (χ1v) is 15.5. The van der Waals surface area contributed by atoms with Crippen molar-refractivity contribution < 1.29 is 18.7 Å². The van der Waals surface area contributed by atoms with Crippen LogP contribution in [0.3, 0.4) is 0 Å². The Labute approximate surface area is 247 Å². The van der Waals surface area contributed by atoms with E-state index in [0.717, 1.165) is 82.9 Å². The van der Waals surface area contributed by atoms with E-state index in [-0.39, 0.29) is 29.6 Å². The molecule has 4 aliphatic rings. The van der Waals surface area contributed by atoms with Crippen LogP contribution in [0.5, 0.6) is 5.88 Å². The summed E-state index contributed by atoms with van der Waals surface area (Å²) in [6, 6.07) is 7.63. The topological polar surface area (TPSA) is 102 Å². The first kappa shape index (κ1) is 28.7. The Bertz CT molecular complexity index is 1230. The van der Waals surface area contributed by atoms with Gasteiger partial charge < -0.3 is 30.5 Å². The second kappa shape index (κ2) is 13.2. The third-order valence-electron chi connectivity index (χ3n) is 9.05. The molecule has 6 rings (SSSR count). The fourth-order valence-electron chi connectivity index (χ4n) is 6.71. The number of fused-ring (bicyclic) bond motifs is 1. The van der Waals surface area contributed by atoms with E-state index in [1.807, 2.05) is 11.0 Å². The molecule has 11 heteroatoms. The number of aromatic nitrogens is 1. The standard InChI is InChI=1S/C31H42FN7O3/c32-24-8-4-22(5-9-24)29(40)36-31-35-26-21-34-28(42-19-18-37-14-2-1-3-15-37)20-27(26)39(31)25-10-6-23(7-11-25)30(41)38-16-12-33-13-17-38/h4-5,8-9,20-21,23,25,31,33,35H,1-3,6-7,10-19H2,(H,36,40)/t23-,25+,31?. The summed E-state index contributed by atoms with van der Waals surface area (Å²) in [6.07, 6.45) is 8.33. The number of nitrogens with zero attached hydrogens (tertiary/aromatic N) is 4. The fraction of sp³-hybridized carbons (Fsp3) is 0.581. The summed E-state index contributed by atoms with van der Waals surface area (Å²) in [4.78, 5) is 37.5. The first-order chi connectivity index (χ1) is 20.5. The zero-order valence-electron chi connectivity index (χ0n) is 24.2. The minimum absolute atomic E-state index is 0.0350. The number of nitrogens with one attached hydrogen (secondary N) is 3. The number of pyridine rings is 1. The number of piperazine rings is 1. The van der Waals surface area contributed by atoms with Gasteiger partial charge in [-0.25, -0.2) is 9.37 Å². The molecular formula is C31H42FN7O3. The SMILES string of the molecule is O=C(NC1Nc2cnc(OCCN3CCCCC3)cc2N1[C@H]1CC[C@@H](C(=O)N2CCNCC2)CC1)c1ccc(F)cc1. The molecule has 4 heterocycles. The van der Waals surface area contributed by atoms with Gasteiger partial charge in [-0.3, -0.25) is 14.5 Å². The van der Waals surface area contributed by atoms with E-state index >= 15 is 0 Å². The number of ether oxygens (including phenoxy) is 1. The molecule has 1 atom stereocenters. The lowest BCUT2D eigenvalue weighted by atomic mass is 9.84. The third kappa shape index (κ3) is 6.62. The van der Waals surface area contributed by atoms with Crippen LogP contribution in [0, 0.1) is 11.7 Å². The van der Waals surface area contributed by atoms with Crippen molar-refractivity contribution in [2.45, 2.75) is 57.3 Å². The van der Waals surface area contributed by atoms with Crippen molar-refractivity contribution in [3.63, 3.8) is 0 Å². The van der Waals surface area contributed by atoms with E-state index in [1.165, 1.54) is 43.5 Å². The average molecular weight is 580 g/mol. The lowest BCUT2D eigenvalue weighted by Gasteiger charge is -2.40. The van der Waals surface area contributed by atoms with Gasteiger partial charge in [0, 0.05) is 56.3 Å². The molecule has 1 unspecified atom stereocenters. The maximum Gasteiger partial charge on any atom is 0.254 e. The minimum Gasteiger partial charge on any atom is -0.476 e. The van der Waals surface area contributed by atoms with Gasteiger partial charge in [-0.05, 0) is 75.9 Å². The Morgan fingerprint density at radius 3 is 2.48 bits per heavy atom. The van der Waals surface area contributed by atoms with Gasteiger partial charge in [-0.15, -0.1) is 0 Å². The molecule has 3 aliphatic heterocycles. The van der Waals surface area contributed by atoms with Gasteiger partial charge in [0.15, 0.2) is 6.29 Å². The van der Waals surface area contributed by atoms with E-state index in [0.29, 0.717) is 18.1 Å². The predicted molar refractivity (Wildman–Crippen MR) is 159 cm³/mol. The van der Waals surface area contributed by atoms with Gasteiger partial charge in [0.05, 0.1) is 17.6 Å². The number of hydrogen-bond donors (Lipinski definition) is 3. The van der Waals surface area contributed by atoms with E-state index in [4.69, 9.17) is 4.74 Å². The third-order valence-corrected chi connectivity index (χ3v) is 9.05. The van der Waals surface area contributed by atoms with Crippen LogP contribution < -0.4 is 25.6 Å². The lowest BCUT2D eigenvalue weighted by molar-refractivity contribution is -0.137. The van der Waals surface area contributed by atoms with Gasteiger partial charge in [0.2, 0.25) is 11.8 Å². The Kier molecular flexibility index (Phi) is 9.04. The van der Waals surface area contributed by atoms with Crippen LogP contribution in [-0.2, 0) is 4.79 Å². The van der Waals surface area contributed by atoms with Crippen molar-refractivity contribution in [2.24, 2.45) is 5.92 Å². The molecule has 1 aromatic heterocycles. The van der Waals surface area contributed by atoms with Gasteiger partial charge in [0.1, 0.15) is 12.4 Å². The minimum atomic E-state index is -0.506. The normalized spacial score (nSPS) is 24.5.